The van der Waals surface area contributed by atoms with Gasteiger partial charge in [-0.3, -0.25) is 0 Å². The number of rotatable bonds is 0. The van der Waals surface area contributed by atoms with E-state index in [0.717, 1.165) is 0 Å². The van der Waals surface area contributed by atoms with Crippen LogP contribution in [0.25, 0.3) is 0 Å². The molecule has 0 unspecified atom stereocenters. The Bertz CT molecular complexity index is 48.4. The first-order valence-corrected chi connectivity index (χ1v) is 1.70. The quantitative estimate of drug-likeness (QED) is 0.488. The Hall–Kier alpha value is -0.730. The molecule has 0 fully saturated rings. The van der Waals surface area contributed by atoms with Gasteiger partial charge >= 0.3 is 6.03 Å². The van der Waals surface area contributed by atoms with Crippen molar-refractivity contribution in [2.24, 2.45) is 0 Å². The van der Waals surface area contributed by atoms with E-state index >= 15 is 0 Å². The van der Waals surface area contributed by atoms with Crippen LogP contribution in [-0.2, 0) is 0 Å². The lowest BCUT2D eigenvalue weighted by Gasteiger charge is -1.91. The van der Waals surface area contributed by atoms with E-state index in [9.17, 15) is 4.79 Å². The van der Waals surface area contributed by atoms with Gasteiger partial charge in [-0.1, -0.05) is 14.9 Å². The fraction of sp³-hybridized carbons (Fsp3) is 0.800. The number of carbonyl (C=O) groups excluding carboxylic acids is 1. The summed E-state index contributed by atoms with van der Waals surface area (Å²) in [6.45, 7) is 0. The highest BCUT2D eigenvalue weighted by atomic mass is 16.2. The zero-order valence-electron chi connectivity index (χ0n) is 3.91. The molecule has 0 aromatic carbocycles. The number of hydrogen-bond acceptors (Lipinski definition) is 1. The van der Waals surface area contributed by atoms with Gasteiger partial charge in [0.15, 0.2) is 0 Å². The van der Waals surface area contributed by atoms with Gasteiger partial charge < -0.3 is 10.6 Å². The summed E-state index contributed by atoms with van der Waals surface area (Å²) in [7, 11) is 3.14. The van der Waals surface area contributed by atoms with Crippen LogP contribution in [0.4, 0.5) is 4.79 Å². The first kappa shape index (κ1) is 15.7. The monoisotopic (exact) mass is 120 g/mol. The van der Waals surface area contributed by atoms with Gasteiger partial charge in [-0.15, -0.1) is 0 Å². The molecule has 0 aliphatic heterocycles. The topological polar surface area (TPSA) is 41.1 Å². The van der Waals surface area contributed by atoms with E-state index in [0.29, 0.717) is 0 Å². The summed E-state index contributed by atoms with van der Waals surface area (Å²) in [4.78, 5) is 9.96. The highest BCUT2D eigenvalue weighted by Gasteiger charge is 1.81. The van der Waals surface area contributed by atoms with Crippen molar-refractivity contribution in [3.8, 4) is 0 Å². The van der Waals surface area contributed by atoms with Crippen LogP contribution in [0.3, 0.4) is 0 Å². The molecule has 0 heterocycles. The van der Waals surface area contributed by atoms with Gasteiger partial charge in [0.1, 0.15) is 0 Å². The van der Waals surface area contributed by atoms with Crippen LogP contribution in [0.5, 0.6) is 0 Å². The first-order valence-electron chi connectivity index (χ1n) is 1.70. The van der Waals surface area contributed by atoms with Crippen LogP contribution >= 0.6 is 0 Å². The molecule has 0 atom stereocenters. The minimum Gasteiger partial charge on any atom is -0.341 e. The maximum atomic E-state index is 9.96. The van der Waals surface area contributed by atoms with E-state index < -0.39 is 0 Å². The number of nitrogens with one attached hydrogen (secondary N) is 2. The molecule has 3 nitrogen and oxygen atoms in total. The van der Waals surface area contributed by atoms with Crippen molar-refractivity contribution in [1.82, 2.24) is 10.6 Å². The fourth-order valence-corrected chi connectivity index (χ4v) is 0.125. The summed E-state index contributed by atoms with van der Waals surface area (Å²) in [6.07, 6.45) is 0. The molecule has 0 aliphatic carbocycles. The third-order valence-electron chi connectivity index (χ3n) is 0.454. The molecule has 0 saturated carbocycles. The Labute approximate surface area is 51.5 Å². The predicted molar refractivity (Wildman–Crippen MR) is 37.0 cm³/mol. The maximum absolute atomic E-state index is 9.96. The van der Waals surface area contributed by atoms with Crippen LogP contribution in [0.2, 0.25) is 0 Å². The minimum absolute atomic E-state index is 0. The van der Waals surface area contributed by atoms with Crippen LogP contribution in [0.1, 0.15) is 14.9 Å². The van der Waals surface area contributed by atoms with Crippen molar-refractivity contribution in [2.45, 2.75) is 14.9 Å². The lowest BCUT2D eigenvalue weighted by Crippen LogP contribution is -2.28. The second-order valence-electron chi connectivity index (χ2n) is 0.829. The van der Waals surface area contributed by atoms with Crippen molar-refractivity contribution in [3.63, 3.8) is 0 Å². The van der Waals surface area contributed by atoms with Gasteiger partial charge in [-0.25, -0.2) is 4.79 Å². The second kappa shape index (κ2) is 9.55. The number of urea groups is 1. The van der Waals surface area contributed by atoms with Crippen molar-refractivity contribution >= 4 is 6.03 Å². The number of carbonyl (C=O) groups is 1. The molecular weight excluding hydrogens is 104 g/mol. The van der Waals surface area contributed by atoms with Gasteiger partial charge in [0.25, 0.3) is 0 Å². The third-order valence-corrected chi connectivity index (χ3v) is 0.454. The van der Waals surface area contributed by atoms with E-state index in [2.05, 4.69) is 10.6 Å². The Morgan fingerprint density at radius 3 is 1.38 bits per heavy atom. The summed E-state index contributed by atoms with van der Waals surface area (Å²) >= 11 is 0. The highest BCUT2D eigenvalue weighted by molar-refractivity contribution is 5.72. The summed E-state index contributed by atoms with van der Waals surface area (Å²) < 4.78 is 0. The Morgan fingerprint density at radius 2 is 1.38 bits per heavy atom. The Balaban J connectivity index is -0.000000125. The van der Waals surface area contributed by atoms with Crippen LogP contribution in [0.15, 0.2) is 0 Å². The molecule has 0 saturated heterocycles. The normalized spacial score (nSPS) is 5.25. The van der Waals surface area contributed by atoms with Crippen LogP contribution in [0, 0.1) is 0 Å². The Kier molecular flexibility index (Phi) is 18.7. The highest BCUT2D eigenvalue weighted by Crippen LogP contribution is 1.48. The fourth-order valence-electron chi connectivity index (χ4n) is 0.125. The zero-order chi connectivity index (χ0) is 4.99. The van der Waals surface area contributed by atoms with Gasteiger partial charge in [0, 0.05) is 14.1 Å². The predicted octanol–water partition coefficient (Wildman–Crippen LogP) is 0.817. The van der Waals surface area contributed by atoms with Gasteiger partial charge in [0.2, 0.25) is 0 Å². The summed E-state index contributed by atoms with van der Waals surface area (Å²) in [5, 5.41) is 4.73. The minimum atomic E-state index is -0.157. The van der Waals surface area contributed by atoms with E-state index in [1.54, 1.807) is 14.1 Å². The second-order valence-corrected chi connectivity index (χ2v) is 0.829. The standard InChI is InChI=1S/C3H8N2O.2CH4/c1-4-3(6)5-2;;/h1-2H3,(H2,4,5,6);2*1H4. The molecule has 0 spiro atoms. The van der Waals surface area contributed by atoms with E-state index in [1.165, 1.54) is 0 Å². The molecule has 2 amide bonds. The molecule has 0 radical (unpaired) electrons. The SMILES string of the molecule is C.C.CNC(=O)NC. The van der Waals surface area contributed by atoms with Gasteiger partial charge in [-0.2, -0.15) is 0 Å². The molecule has 3 heteroatoms. The largest absolute Gasteiger partial charge is 0.341 e. The summed E-state index contributed by atoms with van der Waals surface area (Å²) in [5.41, 5.74) is 0. The van der Waals surface area contributed by atoms with Crippen LogP contribution < -0.4 is 10.6 Å². The molecule has 52 valence electrons. The number of hydrogen-bond donors (Lipinski definition) is 2. The van der Waals surface area contributed by atoms with Crippen molar-refractivity contribution in [2.75, 3.05) is 14.1 Å². The maximum Gasteiger partial charge on any atom is 0.314 e. The molecule has 2 N–H and O–H groups in total. The molecule has 8 heavy (non-hydrogen) atoms. The lowest BCUT2D eigenvalue weighted by molar-refractivity contribution is 0.245. The van der Waals surface area contributed by atoms with Crippen molar-refractivity contribution in [3.05, 3.63) is 0 Å². The van der Waals surface area contributed by atoms with Crippen molar-refractivity contribution < 1.29 is 4.79 Å². The first-order chi connectivity index (χ1) is 2.81. The molecule has 0 bridgehead atoms. The molecule has 0 aromatic heterocycles. The van der Waals surface area contributed by atoms with Gasteiger partial charge in [-0.05, 0) is 0 Å². The molecule has 0 aliphatic rings. The number of amides is 2. The van der Waals surface area contributed by atoms with E-state index in [1.807, 2.05) is 0 Å². The smallest absolute Gasteiger partial charge is 0.314 e. The van der Waals surface area contributed by atoms with E-state index in [4.69, 9.17) is 0 Å². The average molecular weight is 120 g/mol. The van der Waals surface area contributed by atoms with Crippen LogP contribution in [-0.4, -0.2) is 20.1 Å². The van der Waals surface area contributed by atoms with Gasteiger partial charge in [0.05, 0.1) is 0 Å². The summed E-state index contributed by atoms with van der Waals surface area (Å²) in [5.74, 6) is 0. The lowest BCUT2D eigenvalue weighted by atomic mass is 11.0. The zero-order valence-corrected chi connectivity index (χ0v) is 3.91. The average Bonchev–Trinajstić information content (AvgIpc) is 1.65. The third kappa shape index (κ3) is 8.99. The molecule has 0 rings (SSSR count). The summed E-state index contributed by atoms with van der Waals surface area (Å²) in [6, 6.07) is -0.157. The van der Waals surface area contributed by atoms with E-state index in [-0.39, 0.29) is 20.9 Å². The molecule has 0 aromatic rings. The Morgan fingerprint density at radius 1 is 1.12 bits per heavy atom. The van der Waals surface area contributed by atoms with Crippen molar-refractivity contribution in [1.29, 1.82) is 0 Å². The molecular formula is C5H16N2O.